The average Bonchev–Trinajstić information content (AvgIpc) is 3.33. The van der Waals surface area contributed by atoms with E-state index in [0.29, 0.717) is 13.0 Å². The summed E-state index contributed by atoms with van der Waals surface area (Å²) in [6.07, 6.45) is 2.69. The first-order valence-corrected chi connectivity index (χ1v) is 10.5. The van der Waals surface area contributed by atoms with Crippen LogP contribution in [0.25, 0.3) is 0 Å². The lowest BCUT2D eigenvalue weighted by atomic mass is 10.2. The predicted molar refractivity (Wildman–Crippen MR) is 113 cm³/mol. The van der Waals surface area contributed by atoms with Crippen molar-refractivity contribution in [2.24, 2.45) is 4.99 Å². The van der Waals surface area contributed by atoms with E-state index in [1.54, 1.807) is 0 Å². The molecule has 2 heterocycles. The molecule has 2 aromatic rings. The summed E-state index contributed by atoms with van der Waals surface area (Å²) in [6.45, 7) is 7.29. The van der Waals surface area contributed by atoms with Gasteiger partial charge in [-0.25, -0.2) is 4.99 Å². The number of amides is 1. The molecule has 0 aliphatic carbocycles. The first kappa shape index (κ1) is 19.4. The second kappa shape index (κ2) is 9.55. The molecule has 1 amide bonds. The monoisotopic (exact) mass is 384 g/mol. The number of guanidine groups is 1. The van der Waals surface area contributed by atoms with Crippen molar-refractivity contribution in [3.8, 4) is 0 Å². The van der Waals surface area contributed by atoms with E-state index in [0.717, 1.165) is 49.7 Å². The SMILES string of the molecule is CCNC(=NCc1ccc(N2CCCC2=O)cc1)NCc1ccc(CC)s1. The van der Waals surface area contributed by atoms with Gasteiger partial charge in [-0.2, -0.15) is 0 Å². The minimum Gasteiger partial charge on any atom is -0.357 e. The molecule has 2 N–H and O–H groups in total. The zero-order valence-electron chi connectivity index (χ0n) is 16.1. The number of hydrogen-bond acceptors (Lipinski definition) is 3. The van der Waals surface area contributed by atoms with Gasteiger partial charge < -0.3 is 15.5 Å². The number of nitrogens with one attached hydrogen (secondary N) is 2. The van der Waals surface area contributed by atoms with Crippen molar-refractivity contribution in [1.82, 2.24) is 10.6 Å². The second-order valence-corrected chi connectivity index (χ2v) is 7.84. The van der Waals surface area contributed by atoms with E-state index in [2.05, 4.69) is 53.7 Å². The molecule has 0 radical (unpaired) electrons. The standard InChI is InChI=1S/C21H28N4OS/c1-3-18-11-12-19(27-18)15-24-21(22-4-2)23-14-16-7-9-17(10-8-16)25-13-5-6-20(25)26/h7-12H,3-6,13-15H2,1-2H3,(H2,22,23,24). The summed E-state index contributed by atoms with van der Waals surface area (Å²) in [4.78, 5) is 21.1. The largest absolute Gasteiger partial charge is 0.357 e. The van der Waals surface area contributed by atoms with Crippen LogP contribution in [0, 0.1) is 0 Å². The summed E-state index contributed by atoms with van der Waals surface area (Å²) >= 11 is 1.84. The number of nitrogens with zero attached hydrogens (tertiary/aromatic N) is 2. The van der Waals surface area contributed by atoms with E-state index in [1.165, 1.54) is 9.75 Å². The molecule has 3 rings (SSSR count). The van der Waals surface area contributed by atoms with E-state index in [9.17, 15) is 4.79 Å². The van der Waals surface area contributed by atoms with Gasteiger partial charge in [-0.1, -0.05) is 19.1 Å². The van der Waals surface area contributed by atoms with Crippen LogP contribution in [0.2, 0.25) is 0 Å². The van der Waals surface area contributed by atoms with Gasteiger partial charge in [-0.3, -0.25) is 4.79 Å². The second-order valence-electron chi connectivity index (χ2n) is 6.59. The van der Waals surface area contributed by atoms with E-state index in [-0.39, 0.29) is 5.91 Å². The summed E-state index contributed by atoms with van der Waals surface area (Å²) in [5.74, 6) is 1.04. The molecule has 1 fully saturated rings. The van der Waals surface area contributed by atoms with E-state index in [1.807, 2.05) is 28.4 Å². The number of carbonyl (C=O) groups excluding carboxylic acids is 1. The van der Waals surface area contributed by atoms with Crippen LogP contribution in [0.5, 0.6) is 0 Å². The normalized spacial score (nSPS) is 14.7. The van der Waals surface area contributed by atoms with Crippen LogP contribution in [0.3, 0.4) is 0 Å². The number of carbonyl (C=O) groups is 1. The molecule has 5 nitrogen and oxygen atoms in total. The summed E-state index contributed by atoms with van der Waals surface area (Å²) in [5.41, 5.74) is 2.12. The van der Waals surface area contributed by atoms with Gasteiger partial charge in [-0.05, 0) is 49.6 Å². The van der Waals surface area contributed by atoms with Crippen LogP contribution in [-0.2, 0) is 24.3 Å². The lowest BCUT2D eigenvalue weighted by Crippen LogP contribution is -2.36. The average molecular weight is 385 g/mol. The van der Waals surface area contributed by atoms with Crippen molar-refractivity contribution in [3.63, 3.8) is 0 Å². The number of benzene rings is 1. The van der Waals surface area contributed by atoms with Gasteiger partial charge in [0, 0.05) is 35.0 Å². The Morgan fingerprint density at radius 1 is 1.11 bits per heavy atom. The maximum atomic E-state index is 11.8. The predicted octanol–water partition coefficient (Wildman–Crippen LogP) is 3.69. The van der Waals surface area contributed by atoms with Gasteiger partial charge >= 0.3 is 0 Å². The van der Waals surface area contributed by atoms with Crippen LogP contribution < -0.4 is 15.5 Å². The fourth-order valence-electron chi connectivity index (χ4n) is 3.09. The Morgan fingerprint density at radius 3 is 2.52 bits per heavy atom. The first-order chi connectivity index (χ1) is 13.2. The number of thiophene rings is 1. The quantitative estimate of drug-likeness (QED) is 0.565. The van der Waals surface area contributed by atoms with Crippen molar-refractivity contribution in [1.29, 1.82) is 0 Å². The van der Waals surface area contributed by atoms with Crippen molar-refractivity contribution in [3.05, 3.63) is 51.7 Å². The topological polar surface area (TPSA) is 56.7 Å². The third-order valence-electron chi connectivity index (χ3n) is 4.58. The smallest absolute Gasteiger partial charge is 0.227 e. The Labute approximate surface area is 165 Å². The molecule has 0 spiro atoms. The molecule has 0 saturated carbocycles. The Morgan fingerprint density at radius 2 is 1.89 bits per heavy atom. The van der Waals surface area contributed by atoms with Crippen molar-refractivity contribution < 1.29 is 4.79 Å². The highest BCUT2D eigenvalue weighted by atomic mass is 32.1. The van der Waals surface area contributed by atoms with Crippen molar-refractivity contribution in [2.75, 3.05) is 18.0 Å². The maximum absolute atomic E-state index is 11.8. The fraction of sp³-hybridized carbons (Fsp3) is 0.429. The zero-order chi connectivity index (χ0) is 19.1. The van der Waals surface area contributed by atoms with Gasteiger partial charge in [0.05, 0.1) is 13.1 Å². The van der Waals surface area contributed by atoms with Gasteiger partial charge in [0.1, 0.15) is 0 Å². The van der Waals surface area contributed by atoms with E-state index < -0.39 is 0 Å². The van der Waals surface area contributed by atoms with Crippen molar-refractivity contribution >= 4 is 28.9 Å². The lowest BCUT2D eigenvalue weighted by Gasteiger charge is -2.15. The first-order valence-electron chi connectivity index (χ1n) is 9.68. The van der Waals surface area contributed by atoms with Crippen molar-refractivity contribution in [2.45, 2.75) is 46.2 Å². The molecule has 1 aliphatic heterocycles. The lowest BCUT2D eigenvalue weighted by molar-refractivity contribution is -0.117. The van der Waals surface area contributed by atoms with E-state index >= 15 is 0 Å². The third kappa shape index (κ3) is 5.32. The Hall–Kier alpha value is -2.34. The number of hydrogen-bond donors (Lipinski definition) is 2. The highest BCUT2D eigenvalue weighted by molar-refractivity contribution is 7.11. The molecule has 144 valence electrons. The Bertz CT molecular complexity index is 782. The van der Waals surface area contributed by atoms with Gasteiger partial charge in [0.15, 0.2) is 5.96 Å². The minimum absolute atomic E-state index is 0.221. The van der Waals surface area contributed by atoms with Crippen LogP contribution in [0.15, 0.2) is 41.4 Å². The molecule has 1 aliphatic rings. The van der Waals surface area contributed by atoms with E-state index in [4.69, 9.17) is 0 Å². The molecule has 1 aromatic heterocycles. The van der Waals surface area contributed by atoms with Crippen LogP contribution in [0.4, 0.5) is 5.69 Å². The number of aryl methyl sites for hydroxylation is 1. The Balaban J connectivity index is 1.57. The molecule has 0 bridgehead atoms. The summed E-state index contributed by atoms with van der Waals surface area (Å²) in [7, 11) is 0. The summed E-state index contributed by atoms with van der Waals surface area (Å²) < 4.78 is 0. The molecule has 1 aromatic carbocycles. The number of aliphatic imine (C=N–C) groups is 1. The molecular formula is C21H28N4OS. The third-order valence-corrected chi connectivity index (χ3v) is 5.81. The van der Waals surface area contributed by atoms with Gasteiger partial charge in [-0.15, -0.1) is 11.3 Å². The molecule has 6 heteroatoms. The fourth-order valence-corrected chi connectivity index (χ4v) is 3.99. The highest BCUT2D eigenvalue weighted by Gasteiger charge is 2.21. The van der Waals surface area contributed by atoms with Crippen LogP contribution in [-0.4, -0.2) is 25.0 Å². The Kier molecular flexibility index (Phi) is 6.87. The van der Waals surface area contributed by atoms with Crippen LogP contribution in [0.1, 0.15) is 42.0 Å². The highest BCUT2D eigenvalue weighted by Crippen LogP contribution is 2.21. The molecular weight excluding hydrogens is 356 g/mol. The maximum Gasteiger partial charge on any atom is 0.227 e. The number of anilines is 1. The molecule has 1 saturated heterocycles. The molecule has 27 heavy (non-hydrogen) atoms. The van der Waals surface area contributed by atoms with Gasteiger partial charge in [0.2, 0.25) is 5.91 Å². The zero-order valence-corrected chi connectivity index (χ0v) is 16.9. The molecule has 0 unspecified atom stereocenters. The van der Waals surface area contributed by atoms with Gasteiger partial charge in [0.25, 0.3) is 0 Å². The van der Waals surface area contributed by atoms with Crippen LogP contribution >= 0.6 is 11.3 Å². The number of rotatable bonds is 7. The minimum atomic E-state index is 0.221. The summed E-state index contributed by atoms with van der Waals surface area (Å²) in [5, 5.41) is 6.70. The summed E-state index contributed by atoms with van der Waals surface area (Å²) in [6, 6.07) is 12.5. The molecule has 0 atom stereocenters.